The van der Waals surface area contributed by atoms with Crippen LogP contribution in [0.4, 0.5) is 0 Å². The zero-order chi connectivity index (χ0) is 13.8. The third-order valence-corrected chi connectivity index (χ3v) is 3.72. The lowest BCUT2D eigenvalue weighted by Crippen LogP contribution is -2.24. The fraction of sp³-hybridized carbons (Fsp3) is 0.467. The molecule has 2 aromatic rings. The number of rotatable bonds is 5. The SMILES string of the molecule is CNCC1CCN(Cc2nc(-c3ccccc3)no2)C1. The molecule has 0 saturated carbocycles. The fourth-order valence-corrected chi connectivity index (χ4v) is 2.73. The highest BCUT2D eigenvalue weighted by atomic mass is 16.5. The van der Waals surface area contributed by atoms with E-state index in [0.29, 0.717) is 11.7 Å². The minimum absolute atomic E-state index is 0.673. The van der Waals surface area contributed by atoms with E-state index in [1.807, 2.05) is 37.4 Å². The maximum atomic E-state index is 5.36. The first-order valence-electron chi connectivity index (χ1n) is 7.10. The monoisotopic (exact) mass is 272 g/mol. The molecule has 0 amide bonds. The number of hydrogen-bond donors (Lipinski definition) is 1. The Kier molecular flexibility index (Phi) is 4.08. The van der Waals surface area contributed by atoms with E-state index in [0.717, 1.165) is 37.7 Å². The lowest BCUT2D eigenvalue weighted by atomic mass is 10.1. The highest BCUT2D eigenvalue weighted by molar-refractivity contribution is 5.53. The van der Waals surface area contributed by atoms with Gasteiger partial charge in [-0.15, -0.1) is 0 Å². The molecule has 0 radical (unpaired) electrons. The molecule has 1 unspecified atom stereocenters. The zero-order valence-corrected chi connectivity index (χ0v) is 11.7. The lowest BCUT2D eigenvalue weighted by molar-refractivity contribution is 0.260. The van der Waals surface area contributed by atoms with Crippen molar-refractivity contribution in [2.45, 2.75) is 13.0 Å². The summed E-state index contributed by atoms with van der Waals surface area (Å²) >= 11 is 0. The molecular formula is C15H20N4O. The van der Waals surface area contributed by atoms with Crippen molar-refractivity contribution in [3.05, 3.63) is 36.2 Å². The van der Waals surface area contributed by atoms with Gasteiger partial charge in [0.05, 0.1) is 6.54 Å². The molecule has 1 atom stereocenters. The Labute approximate surface area is 119 Å². The van der Waals surface area contributed by atoms with Gasteiger partial charge in [0.2, 0.25) is 11.7 Å². The van der Waals surface area contributed by atoms with Gasteiger partial charge in [0.15, 0.2) is 0 Å². The summed E-state index contributed by atoms with van der Waals surface area (Å²) in [6.07, 6.45) is 1.24. The Morgan fingerprint density at radius 1 is 1.35 bits per heavy atom. The Morgan fingerprint density at radius 3 is 3.00 bits per heavy atom. The fourth-order valence-electron chi connectivity index (χ4n) is 2.73. The van der Waals surface area contributed by atoms with Gasteiger partial charge in [-0.2, -0.15) is 4.98 Å². The van der Waals surface area contributed by atoms with Gasteiger partial charge >= 0.3 is 0 Å². The van der Waals surface area contributed by atoms with Gasteiger partial charge in [0, 0.05) is 12.1 Å². The van der Waals surface area contributed by atoms with Crippen molar-refractivity contribution in [3.63, 3.8) is 0 Å². The maximum Gasteiger partial charge on any atom is 0.241 e. The summed E-state index contributed by atoms with van der Waals surface area (Å²) in [5.41, 5.74) is 0.997. The normalized spacial score (nSPS) is 19.6. The summed E-state index contributed by atoms with van der Waals surface area (Å²) in [7, 11) is 2.01. The van der Waals surface area contributed by atoms with Crippen LogP contribution in [-0.4, -0.2) is 41.7 Å². The van der Waals surface area contributed by atoms with E-state index in [1.165, 1.54) is 6.42 Å². The Hall–Kier alpha value is -1.72. The van der Waals surface area contributed by atoms with E-state index < -0.39 is 0 Å². The lowest BCUT2D eigenvalue weighted by Gasteiger charge is -2.12. The van der Waals surface area contributed by atoms with E-state index in [1.54, 1.807) is 0 Å². The van der Waals surface area contributed by atoms with Crippen LogP contribution in [-0.2, 0) is 6.54 Å². The molecule has 1 fully saturated rings. The van der Waals surface area contributed by atoms with Gasteiger partial charge < -0.3 is 9.84 Å². The van der Waals surface area contributed by atoms with Crippen molar-refractivity contribution in [3.8, 4) is 11.4 Å². The van der Waals surface area contributed by atoms with Gasteiger partial charge in [-0.25, -0.2) is 0 Å². The molecule has 20 heavy (non-hydrogen) atoms. The topological polar surface area (TPSA) is 54.2 Å². The number of hydrogen-bond acceptors (Lipinski definition) is 5. The Bertz CT molecular complexity index is 540. The number of nitrogens with one attached hydrogen (secondary N) is 1. The van der Waals surface area contributed by atoms with Gasteiger partial charge in [0.1, 0.15) is 0 Å². The van der Waals surface area contributed by atoms with Crippen molar-refractivity contribution >= 4 is 0 Å². The van der Waals surface area contributed by atoms with Crippen LogP contribution in [0.3, 0.4) is 0 Å². The van der Waals surface area contributed by atoms with Crippen molar-refractivity contribution in [2.24, 2.45) is 5.92 Å². The average molecular weight is 272 g/mol. The standard InChI is InChI=1S/C15H20N4O/c1-16-9-12-7-8-19(10-12)11-14-17-15(18-20-14)13-5-3-2-4-6-13/h2-6,12,16H,7-11H2,1H3. The average Bonchev–Trinajstić information content (AvgIpc) is 3.11. The molecule has 0 spiro atoms. The second kappa shape index (κ2) is 6.15. The minimum Gasteiger partial charge on any atom is -0.338 e. The summed E-state index contributed by atoms with van der Waals surface area (Å²) in [5.74, 6) is 2.11. The molecule has 1 aliphatic heterocycles. The third kappa shape index (κ3) is 3.05. The predicted molar refractivity (Wildman–Crippen MR) is 77.0 cm³/mol. The van der Waals surface area contributed by atoms with E-state index in [9.17, 15) is 0 Å². The van der Waals surface area contributed by atoms with Crippen LogP contribution in [0.1, 0.15) is 12.3 Å². The third-order valence-electron chi connectivity index (χ3n) is 3.72. The van der Waals surface area contributed by atoms with Crippen molar-refractivity contribution in [1.29, 1.82) is 0 Å². The molecule has 1 N–H and O–H groups in total. The van der Waals surface area contributed by atoms with E-state index in [4.69, 9.17) is 4.52 Å². The highest BCUT2D eigenvalue weighted by Gasteiger charge is 2.23. The summed E-state index contributed by atoms with van der Waals surface area (Å²) in [6.45, 7) is 4.04. The zero-order valence-electron chi connectivity index (χ0n) is 11.7. The van der Waals surface area contributed by atoms with Crippen LogP contribution in [0.25, 0.3) is 11.4 Å². The van der Waals surface area contributed by atoms with Crippen LogP contribution in [0.15, 0.2) is 34.9 Å². The quantitative estimate of drug-likeness (QED) is 0.899. The van der Waals surface area contributed by atoms with E-state index >= 15 is 0 Å². The van der Waals surface area contributed by atoms with Crippen LogP contribution >= 0.6 is 0 Å². The molecule has 5 nitrogen and oxygen atoms in total. The highest BCUT2D eigenvalue weighted by Crippen LogP contribution is 2.19. The number of likely N-dealkylation sites (tertiary alicyclic amines) is 1. The molecule has 1 aromatic carbocycles. The smallest absolute Gasteiger partial charge is 0.241 e. The first kappa shape index (κ1) is 13.3. The predicted octanol–water partition coefficient (Wildman–Crippen LogP) is 1.78. The number of benzene rings is 1. The van der Waals surface area contributed by atoms with Crippen LogP contribution in [0.2, 0.25) is 0 Å². The van der Waals surface area contributed by atoms with Crippen LogP contribution in [0.5, 0.6) is 0 Å². The molecular weight excluding hydrogens is 252 g/mol. The number of nitrogens with zero attached hydrogens (tertiary/aromatic N) is 3. The molecule has 2 heterocycles. The first-order valence-corrected chi connectivity index (χ1v) is 7.10. The van der Waals surface area contributed by atoms with Gasteiger partial charge in [-0.05, 0) is 32.5 Å². The van der Waals surface area contributed by atoms with Crippen molar-refractivity contribution in [2.75, 3.05) is 26.7 Å². The van der Waals surface area contributed by atoms with Crippen molar-refractivity contribution in [1.82, 2.24) is 20.4 Å². The van der Waals surface area contributed by atoms with Crippen LogP contribution < -0.4 is 5.32 Å². The second-order valence-electron chi connectivity index (χ2n) is 5.33. The summed E-state index contributed by atoms with van der Waals surface area (Å²) in [5, 5.41) is 7.30. The molecule has 1 aliphatic rings. The Morgan fingerprint density at radius 2 is 2.20 bits per heavy atom. The van der Waals surface area contributed by atoms with Crippen LogP contribution in [0, 0.1) is 5.92 Å². The molecule has 106 valence electrons. The van der Waals surface area contributed by atoms with E-state index in [-0.39, 0.29) is 0 Å². The second-order valence-corrected chi connectivity index (χ2v) is 5.33. The summed E-state index contributed by atoms with van der Waals surface area (Å²) in [6, 6.07) is 9.93. The molecule has 0 bridgehead atoms. The summed E-state index contributed by atoms with van der Waals surface area (Å²) < 4.78 is 5.36. The molecule has 1 aromatic heterocycles. The number of aromatic nitrogens is 2. The van der Waals surface area contributed by atoms with Gasteiger partial charge in [-0.1, -0.05) is 35.5 Å². The van der Waals surface area contributed by atoms with Gasteiger partial charge in [0.25, 0.3) is 0 Å². The largest absolute Gasteiger partial charge is 0.338 e. The Balaban J connectivity index is 1.61. The maximum absolute atomic E-state index is 5.36. The molecule has 1 saturated heterocycles. The minimum atomic E-state index is 0.673. The molecule has 5 heteroatoms. The van der Waals surface area contributed by atoms with E-state index in [2.05, 4.69) is 20.4 Å². The molecule has 3 rings (SSSR count). The molecule has 0 aliphatic carbocycles. The van der Waals surface area contributed by atoms with Crippen molar-refractivity contribution < 1.29 is 4.52 Å². The summed E-state index contributed by atoms with van der Waals surface area (Å²) in [4.78, 5) is 6.86. The van der Waals surface area contributed by atoms with Gasteiger partial charge in [-0.3, -0.25) is 4.90 Å². The first-order chi connectivity index (χ1) is 9.85.